The van der Waals surface area contributed by atoms with Gasteiger partial charge in [0.05, 0.1) is 12.3 Å². The Bertz CT molecular complexity index is 2950. The molecule has 0 amide bonds. The molecule has 9 aromatic rings. The highest BCUT2D eigenvalue weighted by molar-refractivity contribution is 6.13. The van der Waals surface area contributed by atoms with E-state index in [4.69, 9.17) is 4.11 Å². The predicted molar refractivity (Wildman–Crippen MR) is 219 cm³/mol. The van der Waals surface area contributed by atoms with Gasteiger partial charge in [-0.25, -0.2) is 0 Å². The first-order valence-electron chi connectivity index (χ1n) is 20.1. The van der Waals surface area contributed by atoms with Crippen molar-refractivity contribution >= 4 is 38.6 Å². The number of anilines is 3. The summed E-state index contributed by atoms with van der Waals surface area (Å²) in [5, 5.41) is 4.66. The molecule has 0 aromatic heterocycles. The van der Waals surface area contributed by atoms with Gasteiger partial charge in [-0.2, -0.15) is 0 Å². The molecular weight excluding hydrogens is 627 g/mol. The molecule has 1 heteroatoms. The molecule has 0 aliphatic heterocycles. The van der Waals surface area contributed by atoms with Crippen molar-refractivity contribution in [2.45, 2.75) is 5.41 Å². The fourth-order valence-corrected chi connectivity index (χ4v) is 8.42. The molecule has 0 heterocycles. The van der Waals surface area contributed by atoms with Crippen molar-refractivity contribution in [1.82, 2.24) is 0 Å². The van der Waals surface area contributed by atoms with E-state index in [1.807, 2.05) is 35.2 Å². The molecule has 0 unspecified atom stereocenters. The van der Waals surface area contributed by atoms with Gasteiger partial charge in [0.1, 0.15) is 0 Å². The number of nitrogens with zero attached hydrogens (tertiary/aromatic N) is 1. The Balaban J connectivity index is 1.22. The summed E-state index contributed by atoms with van der Waals surface area (Å²) < 4.78 is 44.2. The van der Waals surface area contributed by atoms with Crippen molar-refractivity contribution in [3.8, 4) is 22.3 Å². The summed E-state index contributed by atoms with van der Waals surface area (Å²) in [5.74, 6) is 0. The highest BCUT2D eigenvalue weighted by Gasteiger charge is 2.46. The molecule has 0 N–H and O–H groups in total. The van der Waals surface area contributed by atoms with Crippen LogP contribution in [0.1, 0.15) is 29.1 Å². The van der Waals surface area contributed by atoms with Crippen LogP contribution in [0.3, 0.4) is 0 Å². The molecule has 9 aromatic carbocycles. The van der Waals surface area contributed by atoms with Gasteiger partial charge in [0.2, 0.25) is 0 Å². The fraction of sp³-hybridized carbons (Fsp3) is 0.0196. The monoisotopic (exact) mass is 666 g/mol. The highest BCUT2D eigenvalue weighted by atomic mass is 15.1. The number of rotatable bonds is 6. The van der Waals surface area contributed by atoms with Gasteiger partial charge in [0.25, 0.3) is 0 Å². The molecule has 1 nitrogen and oxygen atoms in total. The minimum absolute atomic E-state index is 0.0883. The molecule has 10 rings (SSSR count). The zero-order valence-electron chi connectivity index (χ0n) is 33.3. The Kier molecular flexibility index (Phi) is 5.96. The molecule has 0 atom stereocenters. The molecule has 1 aliphatic rings. The molecule has 0 radical (unpaired) electrons. The lowest BCUT2D eigenvalue weighted by atomic mass is 9.67. The third-order valence-electron chi connectivity index (χ3n) is 10.6. The molecule has 52 heavy (non-hydrogen) atoms. The van der Waals surface area contributed by atoms with Crippen LogP contribution in [0.4, 0.5) is 17.1 Å². The van der Waals surface area contributed by atoms with E-state index < -0.39 is 11.5 Å². The summed E-state index contributed by atoms with van der Waals surface area (Å²) in [4.78, 5) is 1.83. The smallest absolute Gasteiger partial charge is 0.0714 e. The van der Waals surface area contributed by atoms with E-state index in [0.29, 0.717) is 11.4 Å². The van der Waals surface area contributed by atoms with E-state index in [9.17, 15) is 2.74 Å². The van der Waals surface area contributed by atoms with Crippen LogP contribution in [0.2, 0.25) is 0 Å². The number of fused-ring (bicyclic) bond motifs is 6. The van der Waals surface area contributed by atoms with E-state index in [1.165, 1.54) is 10.8 Å². The van der Waals surface area contributed by atoms with Crippen LogP contribution < -0.4 is 4.90 Å². The van der Waals surface area contributed by atoms with Gasteiger partial charge in [-0.3, -0.25) is 0 Å². The Morgan fingerprint density at radius 2 is 0.962 bits per heavy atom. The van der Waals surface area contributed by atoms with Gasteiger partial charge in [-0.15, -0.1) is 0 Å². The number of para-hydroxylation sites is 1. The Morgan fingerprint density at radius 3 is 1.69 bits per heavy atom. The van der Waals surface area contributed by atoms with Crippen molar-refractivity contribution in [3.63, 3.8) is 0 Å². The Hall–Kier alpha value is -6.70. The molecule has 0 fully saturated rings. The van der Waals surface area contributed by atoms with E-state index in [2.05, 4.69) is 152 Å². The SMILES string of the molecule is [2H]c1c([2H])c([2H])c(N(c2ccc(-c3cc4ccccc4c4ccccc34)cc2)c2ccc3c(c2)C(c2ccccc2)(c2ccccc2)c2ccccc2-3)c([2H])c1[2H]. The first kappa shape index (κ1) is 25.3. The van der Waals surface area contributed by atoms with Crippen LogP contribution in [-0.2, 0) is 5.41 Å². The normalized spacial score (nSPS) is 14.1. The van der Waals surface area contributed by atoms with Crippen molar-refractivity contribution in [1.29, 1.82) is 0 Å². The van der Waals surface area contributed by atoms with Gasteiger partial charge in [0, 0.05) is 17.1 Å². The molecular formula is C51H35N. The van der Waals surface area contributed by atoms with Crippen LogP contribution in [0.5, 0.6) is 0 Å². The van der Waals surface area contributed by atoms with Crippen LogP contribution in [0.25, 0.3) is 43.8 Å². The van der Waals surface area contributed by atoms with Crippen molar-refractivity contribution < 1.29 is 6.85 Å². The molecule has 0 spiro atoms. The van der Waals surface area contributed by atoms with Crippen molar-refractivity contribution in [3.05, 3.63) is 234 Å². The zero-order valence-corrected chi connectivity index (χ0v) is 28.3. The second-order valence-corrected chi connectivity index (χ2v) is 13.3. The van der Waals surface area contributed by atoms with Crippen LogP contribution in [-0.4, -0.2) is 0 Å². The van der Waals surface area contributed by atoms with Crippen LogP contribution >= 0.6 is 0 Å². The van der Waals surface area contributed by atoms with Gasteiger partial charge in [-0.1, -0.05) is 170 Å². The second kappa shape index (κ2) is 12.3. The highest BCUT2D eigenvalue weighted by Crippen LogP contribution is 2.57. The maximum Gasteiger partial charge on any atom is 0.0714 e. The topological polar surface area (TPSA) is 3.24 Å². The average Bonchev–Trinajstić information content (AvgIpc) is 3.57. The number of hydrogen-bond acceptors (Lipinski definition) is 1. The average molecular weight is 667 g/mol. The van der Waals surface area contributed by atoms with Gasteiger partial charge < -0.3 is 4.90 Å². The van der Waals surface area contributed by atoms with Crippen molar-refractivity contribution in [2.75, 3.05) is 4.90 Å². The summed E-state index contributed by atoms with van der Waals surface area (Å²) in [7, 11) is 0. The lowest BCUT2D eigenvalue weighted by Gasteiger charge is -2.35. The maximum atomic E-state index is 9.20. The predicted octanol–water partition coefficient (Wildman–Crippen LogP) is 13.5. The quantitative estimate of drug-likeness (QED) is 0.160. The standard InChI is InChI=1S/C51H35N/c1-4-17-38(18-5-1)51(39-19-6-2-7-20-39)49-27-15-14-26-46(49)47-33-32-42(35-50(47)51)52(40-21-8-3-9-22-40)41-30-28-36(29-31-41)48-34-37-16-10-11-23-43(37)44-24-12-13-25-45(44)48/h1-35H/i3D,8D,9D,21D,22D. The summed E-state index contributed by atoms with van der Waals surface area (Å²) >= 11 is 0. The Morgan fingerprint density at radius 1 is 0.385 bits per heavy atom. The molecule has 0 saturated carbocycles. The van der Waals surface area contributed by atoms with Gasteiger partial charge in [-0.05, 0) is 108 Å². The van der Waals surface area contributed by atoms with Crippen LogP contribution in [0.15, 0.2) is 212 Å². The van der Waals surface area contributed by atoms with Gasteiger partial charge in [0.15, 0.2) is 0 Å². The van der Waals surface area contributed by atoms with E-state index in [-0.39, 0.29) is 29.9 Å². The number of hydrogen-bond donors (Lipinski definition) is 0. The molecule has 0 bridgehead atoms. The van der Waals surface area contributed by atoms with Crippen LogP contribution in [0, 0.1) is 0 Å². The number of benzene rings is 9. The summed E-state index contributed by atoms with van der Waals surface area (Å²) in [6.07, 6.45) is 0. The molecule has 1 aliphatic carbocycles. The van der Waals surface area contributed by atoms with E-state index in [1.54, 1.807) is 0 Å². The van der Waals surface area contributed by atoms with E-state index in [0.717, 1.165) is 55.3 Å². The summed E-state index contributed by atoms with van der Waals surface area (Å²) in [6.45, 7) is 0. The summed E-state index contributed by atoms with van der Waals surface area (Å²) in [6, 6.07) is 61.3. The first-order chi connectivity index (χ1) is 27.9. The van der Waals surface area contributed by atoms with Crippen molar-refractivity contribution in [2.24, 2.45) is 0 Å². The van der Waals surface area contributed by atoms with E-state index >= 15 is 0 Å². The minimum atomic E-state index is -0.684. The second-order valence-electron chi connectivity index (χ2n) is 13.3. The third kappa shape index (κ3) is 4.63. The fourth-order valence-electron chi connectivity index (χ4n) is 8.42. The largest absolute Gasteiger partial charge is 0.310 e. The molecule has 244 valence electrons. The minimum Gasteiger partial charge on any atom is -0.310 e. The first-order valence-corrected chi connectivity index (χ1v) is 17.6. The maximum absolute atomic E-state index is 9.20. The summed E-state index contributed by atoms with van der Waals surface area (Å²) in [5.41, 5.74) is 9.52. The lowest BCUT2D eigenvalue weighted by Crippen LogP contribution is -2.28. The third-order valence-corrected chi connectivity index (χ3v) is 10.6. The van der Waals surface area contributed by atoms with Gasteiger partial charge >= 0.3 is 0 Å². The zero-order chi connectivity index (χ0) is 38.8. The Labute approximate surface area is 311 Å². The lowest BCUT2D eigenvalue weighted by molar-refractivity contribution is 0.768. The molecule has 0 saturated heterocycles.